The van der Waals surface area contributed by atoms with Crippen LogP contribution in [0.4, 0.5) is 0 Å². The number of nitrogens with zero attached hydrogens (tertiary/aromatic N) is 2. The minimum Gasteiger partial charge on any atom is -2.00 e. The zero-order valence-electron chi connectivity index (χ0n) is 20.2. The van der Waals surface area contributed by atoms with E-state index in [1.165, 1.54) is 34.1 Å². The Hall–Kier alpha value is -2.28. The van der Waals surface area contributed by atoms with Crippen LogP contribution in [0.5, 0.6) is 23.0 Å². The molecule has 0 fully saturated rings. The van der Waals surface area contributed by atoms with Crippen molar-refractivity contribution >= 4 is 25.4 Å². The van der Waals surface area contributed by atoms with E-state index >= 15 is 0 Å². The molecule has 0 bridgehead atoms. The van der Waals surface area contributed by atoms with Crippen LogP contribution in [0.25, 0.3) is 0 Å². The first kappa shape index (κ1) is 49.8. The maximum Gasteiger partial charge on any atom is 1.00 e. The van der Waals surface area contributed by atoms with E-state index in [0.29, 0.717) is 12.6 Å². The molecule has 0 saturated carbocycles. The topological polar surface area (TPSA) is 224 Å². The van der Waals surface area contributed by atoms with Crippen molar-refractivity contribution in [2.75, 3.05) is 28.2 Å². The fourth-order valence-electron chi connectivity index (χ4n) is 1.25. The Balaban J connectivity index is -0.0000000597. The molecule has 0 aliphatic carbocycles. The zero-order chi connectivity index (χ0) is 23.7. The normalized spacial score (nSPS) is 7.20. The molecule has 0 N–H and O–H groups in total. The number of hydrogen-bond acceptors (Lipinski definition) is 8. The number of aldehydes is 2. The molecule has 2 aromatic rings. The molecule has 0 aliphatic rings. The number of benzene rings is 2. The molecule has 35 heavy (non-hydrogen) atoms. The Bertz CT molecular complexity index is 761. The monoisotopic (exact) mass is 562 g/mol. The van der Waals surface area contributed by atoms with Crippen LogP contribution in [0, 0.1) is 0 Å². The predicted octanol–water partition coefficient (Wildman–Crippen LogP) is -7.53. The largest absolute Gasteiger partial charge is 2.00 e. The summed E-state index contributed by atoms with van der Waals surface area (Å²) in [4.78, 5) is 41.8. The van der Waals surface area contributed by atoms with Gasteiger partial charge in [-0.05, 0) is 0 Å². The summed E-state index contributed by atoms with van der Waals surface area (Å²) in [5.74, 6) is -2.72. The van der Waals surface area contributed by atoms with E-state index in [1.54, 1.807) is 28.2 Å². The van der Waals surface area contributed by atoms with Gasteiger partial charge in [0.05, 0.1) is 0 Å². The Morgan fingerprint density at radius 2 is 0.829 bits per heavy atom. The zero-order valence-corrected chi connectivity index (χ0v) is 22.2. The quantitative estimate of drug-likeness (QED) is 0.257. The van der Waals surface area contributed by atoms with Crippen molar-refractivity contribution < 1.29 is 109 Å². The van der Waals surface area contributed by atoms with Gasteiger partial charge in [0.2, 0.25) is 12.8 Å². The van der Waals surface area contributed by atoms with Crippen molar-refractivity contribution in [3.05, 3.63) is 47.5 Å². The summed E-state index contributed by atoms with van der Waals surface area (Å²) >= 11 is 0. The van der Waals surface area contributed by atoms with E-state index in [4.69, 9.17) is 0 Å². The number of para-hydroxylation sites is 2. The van der Waals surface area contributed by atoms with Crippen LogP contribution in [-0.4, -0.2) is 63.4 Å². The van der Waals surface area contributed by atoms with Gasteiger partial charge in [-0.3, -0.25) is 19.2 Å². The molecule has 0 unspecified atom stereocenters. The van der Waals surface area contributed by atoms with Gasteiger partial charge < -0.3 is 41.2 Å². The summed E-state index contributed by atoms with van der Waals surface area (Å²) in [6, 6.07) is 7.67. The number of carbonyl (C=O) groups is 4. The first-order chi connectivity index (χ1) is 14.0. The van der Waals surface area contributed by atoms with Crippen LogP contribution in [0.3, 0.4) is 0 Å². The molecular weight excluding hydrogens is 538 g/mol. The third-order valence-corrected chi connectivity index (χ3v) is 2.69. The average Bonchev–Trinajstić information content (AvgIpc) is 2.73. The maximum absolute atomic E-state index is 10.7. The third-order valence-electron chi connectivity index (χ3n) is 2.69. The molecule has 0 radical (unpaired) electrons. The maximum atomic E-state index is 10.7. The Kier molecular flexibility index (Phi) is 42.3. The molecule has 0 aliphatic heterocycles. The average molecular weight is 560 g/mol. The number of hydrogen-bond donors (Lipinski definition) is 0. The third kappa shape index (κ3) is 24.6. The Morgan fingerprint density at radius 3 is 0.971 bits per heavy atom. The van der Waals surface area contributed by atoms with Gasteiger partial charge >= 0.3 is 37.7 Å². The molecule has 2 amide bonds. The Morgan fingerprint density at radius 1 is 0.600 bits per heavy atom. The molecule has 2 rings (SSSR count). The van der Waals surface area contributed by atoms with Gasteiger partial charge in [-0.1, -0.05) is 36.4 Å². The summed E-state index contributed by atoms with van der Waals surface area (Å²) in [6.07, 6.45) is 2.26. The molecule has 0 aromatic heterocycles. The van der Waals surface area contributed by atoms with E-state index in [9.17, 15) is 39.6 Å². The van der Waals surface area contributed by atoms with Crippen LogP contribution < -0.4 is 58.1 Å². The van der Waals surface area contributed by atoms with Gasteiger partial charge in [-0.25, -0.2) is 0 Å². The fourth-order valence-corrected chi connectivity index (χ4v) is 1.25. The van der Waals surface area contributed by atoms with Crippen LogP contribution in [0.2, 0.25) is 0 Å². The summed E-state index contributed by atoms with van der Waals surface area (Å²) in [5, 5.41) is 42.4. The molecule has 0 atom stereocenters. The van der Waals surface area contributed by atoms with Crippen molar-refractivity contribution in [2.45, 2.75) is 0 Å². The van der Waals surface area contributed by atoms with Crippen molar-refractivity contribution in [3.8, 4) is 23.0 Å². The summed E-state index contributed by atoms with van der Waals surface area (Å²) in [6.45, 7) is 0. The van der Waals surface area contributed by atoms with Crippen LogP contribution in [0.1, 0.15) is 20.7 Å². The fraction of sp³-hybridized carbons (Fsp3) is 0.200. The minimum atomic E-state index is -0.725. The molecule has 15 heteroatoms. The minimum absolute atomic E-state index is 0. The first-order valence-corrected chi connectivity index (χ1v) is 8.13. The summed E-state index contributed by atoms with van der Waals surface area (Å²) < 4.78 is 0. The van der Waals surface area contributed by atoms with E-state index in [2.05, 4.69) is 0 Å². The summed E-state index contributed by atoms with van der Waals surface area (Å²) in [7, 11) is 6.75. The van der Waals surface area contributed by atoms with Crippen molar-refractivity contribution in [1.82, 2.24) is 9.80 Å². The van der Waals surface area contributed by atoms with E-state index < -0.39 is 23.0 Å². The standard InChI is InChI=1S/2C7H6O3.2C3H7NO.2Li.Mo.2O/c2*8-4-5-2-1-3-6(9)7(5)10;2*1-4(2)3-5;;;;;/h2*1-4,9-10H;2*3H,1-2H3;;;;;/q;;;;2*+1;;2*-2/p-4. The second-order valence-electron chi connectivity index (χ2n) is 5.72. The van der Waals surface area contributed by atoms with Crippen LogP contribution >= 0.6 is 0 Å². The smallest absolute Gasteiger partial charge is 1.00 e. The van der Waals surface area contributed by atoms with Crippen molar-refractivity contribution in [3.63, 3.8) is 0 Å². The molecule has 0 spiro atoms. The molecule has 2 aromatic carbocycles. The predicted molar refractivity (Wildman–Crippen MR) is 102 cm³/mol. The Labute approximate surface area is 242 Å². The van der Waals surface area contributed by atoms with Gasteiger partial charge in [0.15, 0.2) is 0 Å². The van der Waals surface area contributed by atoms with Crippen molar-refractivity contribution in [1.29, 1.82) is 0 Å². The van der Waals surface area contributed by atoms with Crippen LogP contribution in [0.15, 0.2) is 36.4 Å². The summed E-state index contributed by atoms with van der Waals surface area (Å²) in [5.41, 5.74) is -0.153. The van der Waals surface area contributed by atoms with E-state index in [-0.39, 0.29) is 80.9 Å². The number of amides is 2. The van der Waals surface area contributed by atoms with Gasteiger partial charge in [0.25, 0.3) is 0 Å². The van der Waals surface area contributed by atoms with Gasteiger partial charge in [-0.15, -0.1) is 23.0 Å². The molecule has 12 nitrogen and oxygen atoms in total. The number of rotatable bonds is 4. The molecule has 0 saturated heterocycles. The van der Waals surface area contributed by atoms with Gasteiger partial charge in [-0.2, -0.15) is 0 Å². The number of carbonyl (C=O) groups excluding carboxylic acids is 4. The van der Waals surface area contributed by atoms with E-state index in [1.807, 2.05) is 0 Å². The molecule has 0 heterocycles. The molecule has 186 valence electrons. The second kappa shape index (κ2) is 29.8. The SMILES string of the molecule is CN(C)C=O.CN(C)C=O.O=Cc1cccc([O-])c1[O-].O=Cc1cccc([O-])c1[O-].[Li+].[Li+].[Mo].[O-2].[O-2]. The molecular formula is C20H22Li2MoN2O10-6. The van der Waals surface area contributed by atoms with Gasteiger partial charge in [0.1, 0.15) is 12.6 Å². The second-order valence-corrected chi connectivity index (χ2v) is 5.72. The van der Waals surface area contributed by atoms with E-state index in [0.717, 1.165) is 25.0 Å². The van der Waals surface area contributed by atoms with Crippen LogP contribution in [-0.2, 0) is 41.6 Å². The van der Waals surface area contributed by atoms with Gasteiger partial charge in [0, 0.05) is 60.4 Å². The van der Waals surface area contributed by atoms with Crippen molar-refractivity contribution in [2.24, 2.45) is 0 Å². The first-order valence-electron chi connectivity index (χ1n) is 8.13.